The van der Waals surface area contributed by atoms with Crippen molar-refractivity contribution in [1.82, 2.24) is 25.1 Å². The molecule has 23 heavy (non-hydrogen) atoms. The van der Waals surface area contributed by atoms with Crippen LogP contribution in [0.15, 0.2) is 41.8 Å². The average Bonchev–Trinajstić information content (AvgIpc) is 3.20. The van der Waals surface area contributed by atoms with E-state index in [1.54, 1.807) is 35.4 Å². The molecule has 0 saturated heterocycles. The number of halogens is 1. The predicted octanol–water partition coefficient (Wildman–Crippen LogP) is 2.71. The highest BCUT2D eigenvalue weighted by Crippen LogP contribution is 2.17. The predicted molar refractivity (Wildman–Crippen MR) is 89.1 cm³/mol. The molecule has 0 atom stereocenters. The minimum Gasteiger partial charge on any atom is -0.339 e. The van der Waals surface area contributed by atoms with Crippen LogP contribution < -0.4 is 0 Å². The first kappa shape index (κ1) is 15.6. The lowest BCUT2D eigenvalue weighted by Gasteiger charge is -2.15. The van der Waals surface area contributed by atoms with E-state index in [1.165, 1.54) is 4.80 Å². The number of tetrazole rings is 1. The van der Waals surface area contributed by atoms with Crippen molar-refractivity contribution in [1.29, 1.82) is 0 Å². The number of nitrogens with zero attached hydrogens (tertiary/aromatic N) is 5. The fourth-order valence-corrected chi connectivity index (χ4v) is 2.87. The summed E-state index contributed by atoms with van der Waals surface area (Å²) in [6.07, 6.45) is 0. The number of hydrogen-bond acceptors (Lipinski definition) is 5. The Labute approximate surface area is 142 Å². The number of amides is 1. The molecule has 2 aromatic heterocycles. The Hall–Kier alpha value is -2.25. The van der Waals surface area contributed by atoms with E-state index < -0.39 is 0 Å². The van der Waals surface area contributed by atoms with Crippen LogP contribution in [0.3, 0.4) is 0 Å². The number of hydrogen-bond donors (Lipinski definition) is 0. The summed E-state index contributed by atoms with van der Waals surface area (Å²) in [5.74, 6) is 0.397. The molecule has 0 spiro atoms. The van der Waals surface area contributed by atoms with Crippen LogP contribution in [0.25, 0.3) is 11.4 Å². The first-order chi connectivity index (χ1) is 11.1. The molecule has 0 aliphatic rings. The Bertz CT molecular complexity index is 785. The van der Waals surface area contributed by atoms with E-state index in [2.05, 4.69) is 15.4 Å². The number of likely N-dealkylation sites (N-methyl/N-ethyl adjacent to an activating group) is 1. The van der Waals surface area contributed by atoms with Crippen LogP contribution in [0.2, 0.25) is 5.02 Å². The first-order valence-corrected chi connectivity index (χ1v) is 8.17. The molecule has 0 aliphatic heterocycles. The summed E-state index contributed by atoms with van der Waals surface area (Å²) in [6, 6.07) is 11.1. The molecule has 2 heterocycles. The Balaban J connectivity index is 1.64. The molecule has 3 rings (SSSR count). The molecular formula is C15H14ClN5OS. The highest BCUT2D eigenvalue weighted by molar-refractivity contribution is 7.09. The van der Waals surface area contributed by atoms with Crippen molar-refractivity contribution >= 4 is 28.8 Å². The molecule has 0 radical (unpaired) electrons. The van der Waals surface area contributed by atoms with Gasteiger partial charge in [-0.15, -0.1) is 21.5 Å². The third-order valence-electron chi connectivity index (χ3n) is 3.23. The van der Waals surface area contributed by atoms with E-state index in [-0.39, 0.29) is 12.5 Å². The van der Waals surface area contributed by atoms with E-state index in [0.717, 1.165) is 10.4 Å². The maximum atomic E-state index is 12.2. The molecule has 8 heteroatoms. The second-order valence-electron chi connectivity index (χ2n) is 4.98. The standard InChI is InChI=1S/C15H14ClN5OS/c1-20(9-13-3-2-8-23-13)14(22)10-21-18-15(17-19-21)11-4-6-12(16)7-5-11/h2-8H,9-10H2,1H3. The lowest BCUT2D eigenvalue weighted by atomic mass is 10.2. The van der Waals surface area contributed by atoms with E-state index in [4.69, 9.17) is 11.6 Å². The summed E-state index contributed by atoms with van der Waals surface area (Å²) >= 11 is 7.48. The summed E-state index contributed by atoms with van der Waals surface area (Å²) in [5.41, 5.74) is 0.806. The SMILES string of the molecule is CN(Cc1cccs1)C(=O)Cn1nnc(-c2ccc(Cl)cc2)n1. The van der Waals surface area contributed by atoms with E-state index in [1.807, 2.05) is 29.6 Å². The van der Waals surface area contributed by atoms with Crippen LogP contribution in [0.1, 0.15) is 4.88 Å². The largest absolute Gasteiger partial charge is 0.339 e. The normalized spacial score (nSPS) is 10.7. The van der Waals surface area contributed by atoms with Crippen LogP contribution in [0.4, 0.5) is 0 Å². The zero-order valence-electron chi connectivity index (χ0n) is 12.4. The molecule has 6 nitrogen and oxygen atoms in total. The second kappa shape index (κ2) is 6.89. The van der Waals surface area contributed by atoms with Gasteiger partial charge in [-0.2, -0.15) is 4.80 Å². The second-order valence-corrected chi connectivity index (χ2v) is 6.45. The number of thiophene rings is 1. The number of aromatic nitrogens is 4. The number of carbonyl (C=O) groups excluding carboxylic acids is 1. The zero-order chi connectivity index (χ0) is 16.2. The molecule has 3 aromatic rings. The van der Waals surface area contributed by atoms with Gasteiger partial charge in [0, 0.05) is 22.5 Å². The zero-order valence-corrected chi connectivity index (χ0v) is 14.0. The van der Waals surface area contributed by atoms with Gasteiger partial charge in [0.05, 0.1) is 6.54 Å². The highest BCUT2D eigenvalue weighted by Gasteiger charge is 2.13. The maximum absolute atomic E-state index is 12.2. The molecule has 0 fully saturated rings. The summed E-state index contributed by atoms with van der Waals surface area (Å²) in [4.78, 5) is 16.3. The molecule has 0 aliphatic carbocycles. The Morgan fingerprint density at radius 1 is 1.30 bits per heavy atom. The van der Waals surface area contributed by atoms with Gasteiger partial charge in [0.25, 0.3) is 0 Å². The van der Waals surface area contributed by atoms with Crippen LogP contribution in [-0.4, -0.2) is 38.1 Å². The van der Waals surface area contributed by atoms with Gasteiger partial charge in [0.15, 0.2) is 0 Å². The van der Waals surface area contributed by atoms with Crippen molar-refractivity contribution in [3.05, 3.63) is 51.7 Å². The van der Waals surface area contributed by atoms with E-state index >= 15 is 0 Å². The van der Waals surface area contributed by atoms with Gasteiger partial charge in [-0.25, -0.2) is 0 Å². The first-order valence-electron chi connectivity index (χ1n) is 6.92. The topological polar surface area (TPSA) is 63.9 Å². The Kier molecular flexibility index (Phi) is 4.68. The molecule has 1 aromatic carbocycles. The maximum Gasteiger partial charge on any atom is 0.246 e. The van der Waals surface area contributed by atoms with Gasteiger partial charge in [-0.3, -0.25) is 4.79 Å². The highest BCUT2D eigenvalue weighted by atomic mass is 35.5. The number of benzene rings is 1. The van der Waals surface area contributed by atoms with E-state index in [0.29, 0.717) is 17.4 Å². The van der Waals surface area contributed by atoms with Crippen molar-refractivity contribution in [2.75, 3.05) is 7.05 Å². The van der Waals surface area contributed by atoms with Crippen molar-refractivity contribution in [3.8, 4) is 11.4 Å². The fraction of sp³-hybridized carbons (Fsp3) is 0.200. The molecule has 0 bridgehead atoms. The lowest BCUT2D eigenvalue weighted by Crippen LogP contribution is -2.30. The van der Waals surface area contributed by atoms with E-state index in [9.17, 15) is 4.79 Å². The summed E-state index contributed by atoms with van der Waals surface area (Å²) in [7, 11) is 1.76. The van der Waals surface area contributed by atoms with Gasteiger partial charge < -0.3 is 4.90 Å². The molecule has 118 valence electrons. The number of rotatable bonds is 5. The molecule has 1 amide bonds. The van der Waals surface area contributed by atoms with Crippen LogP contribution >= 0.6 is 22.9 Å². The number of carbonyl (C=O) groups is 1. The van der Waals surface area contributed by atoms with Crippen molar-refractivity contribution < 1.29 is 4.79 Å². The van der Waals surface area contributed by atoms with Crippen LogP contribution in [0.5, 0.6) is 0 Å². The summed E-state index contributed by atoms with van der Waals surface area (Å²) in [5, 5.41) is 14.8. The Morgan fingerprint density at radius 3 is 2.78 bits per heavy atom. The van der Waals surface area contributed by atoms with Crippen molar-refractivity contribution in [2.24, 2.45) is 0 Å². The van der Waals surface area contributed by atoms with Gasteiger partial charge in [-0.05, 0) is 40.9 Å². The third kappa shape index (κ3) is 3.94. The Morgan fingerprint density at radius 2 is 2.09 bits per heavy atom. The van der Waals surface area contributed by atoms with Gasteiger partial charge in [0.2, 0.25) is 11.7 Å². The monoisotopic (exact) mass is 347 g/mol. The quantitative estimate of drug-likeness (QED) is 0.712. The molecule has 0 unspecified atom stereocenters. The minimum absolute atomic E-state index is 0.0580. The molecule has 0 saturated carbocycles. The fourth-order valence-electron chi connectivity index (χ4n) is 1.99. The van der Waals surface area contributed by atoms with Gasteiger partial charge in [0.1, 0.15) is 6.54 Å². The molecule has 0 N–H and O–H groups in total. The smallest absolute Gasteiger partial charge is 0.246 e. The lowest BCUT2D eigenvalue weighted by molar-refractivity contribution is -0.131. The minimum atomic E-state index is -0.0709. The van der Waals surface area contributed by atoms with Crippen molar-refractivity contribution in [2.45, 2.75) is 13.1 Å². The van der Waals surface area contributed by atoms with Crippen molar-refractivity contribution in [3.63, 3.8) is 0 Å². The van der Waals surface area contributed by atoms with Gasteiger partial charge in [-0.1, -0.05) is 17.7 Å². The summed E-state index contributed by atoms with van der Waals surface area (Å²) < 4.78 is 0. The van der Waals surface area contributed by atoms with Crippen LogP contribution in [0, 0.1) is 0 Å². The summed E-state index contributed by atoms with van der Waals surface area (Å²) in [6.45, 7) is 0.637. The third-order valence-corrected chi connectivity index (χ3v) is 4.34. The average molecular weight is 348 g/mol. The molecular weight excluding hydrogens is 334 g/mol. The van der Waals surface area contributed by atoms with Crippen LogP contribution in [-0.2, 0) is 17.9 Å². The van der Waals surface area contributed by atoms with Gasteiger partial charge >= 0.3 is 0 Å².